The maximum absolute atomic E-state index is 12.6. The van der Waals surface area contributed by atoms with Crippen LogP contribution in [0.15, 0.2) is 36.4 Å². The number of rotatable bonds is 3. The number of thiophene rings is 1. The quantitative estimate of drug-likeness (QED) is 0.785. The molecular weight excluding hydrogens is 336 g/mol. The Kier molecular flexibility index (Phi) is 3.80. The van der Waals surface area contributed by atoms with E-state index in [1.807, 2.05) is 48.0 Å². The Morgan fingerprint density at radius 2 is 2.08 bits per heavy atom. The molecule has 3 heterocycles. The number of nitrogens with zero attached hydrogens (tertiary/aromatic N) is 3. The lowest BCUT2D eigenvalue weighted by atomic mass is 10.2. The van der Waals surface area contributed by atoms with Crippen molar-refractivity contribution in [3.8, 4) is 5.69 Å². The predicted octanol–water partition coefficient (Wildman–Crippen LogP) is 2.36. The molecule has 6 nitrogen and oxygen atoms in total. The third-order valence-corrected chi connectivity index (χ3v) is 5.61. The van der Waals surface area contributed by atoms with Crippen LogP contribution in [0.5, 0.6) is 0 Å². The van der Waals surface area contributed by atoms with Crippen molar-refractivity contribution in [1.29, 1.82) is 0 Å². The Balaban J connectivity index is 1.65. The van der Waals surface area contributed by atoms with Crippen molar-refractivity contribution < 1.29 is 9.59 Å². The minimum Gasteiger partial charge on any atom is -0.344 e. The third-order valence-electron chi connectivity index (χ3n) is 4.50. The lowest BCUT2D eigenvalue weighted by molar-refractivity contribution is -0.128. The molecule has 0 bridgehead atoms. The molecule has 1 N–H and O–H groups in total. The van der Waals surface area contributed by atoms with Gasteiger partial charge in [-0.3, -0.25) is 9.59 Å². The lowest BCUT2D eigenvalue weighted by Crippen LogP contribution is -2.40. The summed E-state index contributed by atoms with van der Waals surface area (Å²) >= 11 is 1.40. The maximum Gasteiger partial charge on any atom is 0.262 e. The fourth-order valence-corrected chi connectivity index (χ4v) is 4.18. The molecule has 1 atom stereocenters. The van der Waals surface area contributed by atoms with Crippen molar-refractivity contribution in [2.75, 3.05) is 13.6 Å². The summed E-state index contributed by atoms with van der Waals surface area (Å²) in [4.78, 5) is 27.7. The van der Waals surface area contributed by atoms with Gasteiger partial charge in [0, 0.05) is 19.0 Å². The van der Waals surface area contributed by atoms with Crippen LogP contribution in [-0.2, 0) is 4.79 Å². The average Bonchev–Trinajstić information content (AvgIpc) is 3.27. The molecule has 0 radical (unpaired) electrons. The lowest BCUT2D eigenvalue weighted by Gasteiger charge is -2.11. The summed E-state index contributed by atoms with van der Waals surface area (Å²) in [6, 6.07) is 11.3. The Morgan fingerprint density at radius 3 is 2.76 bits per heavy atom. The van der Waals surface area contributed by atoms with Gasteiger partial charge in [-0.05, 0) is 31.5 Å². The molecule has 1 unspecified atom stereocenters. The number of aromatic nitrogens is 2. The molecule has 1 aliphatic heterocycles. The molecule has 1 aromatic carbocycles. The number of likely N-dealkylation sites (tertiary alicyclic amines) is 1. The van der Waals surface area contributed by atoms with Crippen LogP contribution in [-0.4, -0.2) is 46.1 Å². The Bertz CT molecular complexity index is 960. The van der Waals surface area contributed by atoms with Crippen molar-refractivity contribution in [3.05, 3.63) is 47.0 Å². The van der Waals surface area contributed by atoms with E-state index in [0.717, 1.165) is 21.6 Å². The molecule has 25 heavy (non-hydrogen) atoms. The number of benzene rings is 1. The molecule has 0 spiro atoms. The van der Waals surface area contributed by atoms with Gasteiger partial charge in [-0.1, -0.05) is 18.2 Å². The molecule has 1 saturated heterocycles. The van der Waals surface area contributed by atoms with Gasteiger partial charge in [0.25, 0.3) is 5.91 Å². The van der Waals surface area contributed by atoms with Crippen LogP contribution in [0, 0.1) is 6.92 Å². The monoisotopic (exact) mass is 354 g/mol. The zero-order chi connectivity index (χ0) is 17.6. The van der Waals surface area contributed by atoms with E-state index in [4.69, 9.17) is 0 Å². The Labute approximate surface area is 149 Å². The number of hydrogen-bond acceptors (Lipinski definition) is 4. The second-order valence-electron chi connectivity index (χ2n) is 6.24. The van der Waals surface area contributed by atoms with E-state index < -0.39 is 6.04 Å². The van der Waals surface area contributed by atoms with Crippen molar-refractivity contribution in [3.63, 3.8) is 0 Å². The number of likely N-dealkylation sites (N-methyl/N-ethyl adjacent to an activating group) is 1. The topological polar surface area (TPSA) is 67.2 Å². The molecule has 0 aliphatic carbocycles. The minimum absolute atomic E-state index is 0.0268. The number of carbonyl (C=O) groups is 2. The third kappa shape index (κ3) is 2.70. The van der Waals surface area contributed by atoms with Crippen molar-refractivity contribution >= 4 is 33.4 Å². The van der Waals surface area contributed by atoms with Gasteiger partial charge in [-0.2, -0.15) is 5.10 Å². The van der Waals surface area contributed by atoms with Crippen molar-refractivity contribution in [2.45, 2.75) is 19.4 Å². The van der Waals surface area contributed by atoms with Gasteiger partial charge in [-0.25, -0.2) is 4.68 Å². The fourth-order valence-electron chi connectivity index (χ4n) is 3.09. The van der Waals surface area contributed by atoms with Crippen LogP contribution >= 0.6 is 11.3 Å². The summed E-state index contributed by atoms with van der Waals surface area (Å²) in [5, 5.41) is 8.40. The largest absolute Gasteiger partial charge is 0.344 e. The summed E-state index contributed by atoms with van der Waals surface area (Å²) in [5.74, 6) is -0.227. The van der Waals surface area contributed by atoms with Crippen LogP contribution in [0.2, 0.25) is 0 Å². The zero-order valence-electron chi connectivity index (χ0n) is 14.0. The van der Waals surface area contributed by atoms with Gasteiger partial charge in [0.05, 0.1) is 16.3 Å². The summed E-state index contributed by atoms with van der Waals surface area (Å²) in [7, 11) is 1.76. The van der Waals surface area contributed by atoms with Gasteiger partial charge in [0.15, 0.2) is 0 Å². The smallest absolute Gasteiger partial charge is 0.262 e. The van der Waals surface area contributed by atoms with E-state index in [2.05, 4.69) is 10.4 Å². The molecule has 1 fully saturated rings. The molecule has 128 valence electrons. The van der Waals surface area contributed by atoms with E-state index in [9.17, 15) is 9.59 Å². The van der Waals surface area contributed by atoms with Crippen LogP contribution in [0.25, 0.3) is 15.9 Å². The first kappa shape index (κ1) is 15.8. The van der Waals surface area contributed by atoms with Gasteiger partial charge in [0.2, 0.25) is 5.91 Å². The second-order valence-corrected chi connectivity index (χ2v) is 7.27. The highest BCUT2D eigenvalue weighted by molar-refractivity contribution is 7.20. The first-order chi connectivity index (χ1) is 12.0. The Hall–Kier alpha value is -2.67. The van der Waals surface area contributed by atoms with Gasteiger partial charge < -0.3 is 10.2 Å². The highest BCUT2D eigenvalue weighted by atomic mass is 32.1. The molecular formula is C18H18N4O2S. The molecule has 2 aromatic heterocycles. The number of carbonyl (C=O) groups excluding carboxylic acids is 2. The van der Waals surface area contributed by atoms with E-state index in [1.54, 1.807) is 11.9 Å². The van der Waals surface area contributed by atoms with Gasteiger partial charge >= 0.3 is 0 Å². The molecule has 3 aromatic rings. The highest BCUT2D eigenvalue weighted by Gasteiger charge is 2.31. The Morgan fingerprint density at radius 1 is 1.32 bits per heavy atom. The minimum atomic E-state index is -0.422. The number of para-hydroxylation sites is 1. The standard InChI is InChI=1S/C18H18N4O2S/c1-11-13-10-15(16(23)19-14-8-9-21(2)17(14)24)25-18(13)22(20-11)12-6-4-3-5-7-12/h3-7,10,14H,8-9H2,1-2H3,(H,19,23). The first-order valence-corrected chi connectivity index (χ1v) is 8.96. The zero-order valence-corrected chi connectivity index (χ0v) is 14.8. The fraction of sp³-hybridized carbons (Fsp3) is 0.278. The van der Waals surface area contributed by atoms with E-state index in [-0.39, 0.29) is 11.8 Å². The maximum atomic E-state index is 12.6. The normalized spacial score (nSPS) is 17.4. The summed E-state index contributed by atoms with van der Waals surface area (Å²) in [6.45, 7) is 2.61. The number of amides is 2. The SMILES string of the molecule is Cc1nn(-c2ccccc2)c2sc(C(=O)NC3CCN(C)C3=O)cc12. The van der Waals surface area contributed by atoms with Crippen molar-refractivity contribution in [2.24, 2.45) is 0 Å². The molecule has 0 saturated carbocycles. The van der Waals surface area contributed by atoms with Crippen molar-refractivity contribution in [1.82, 2.24) is 20.0 Å². The van der Waals surface area contributed by atoms with Crippen LogP contribution in [0.3, 0.4) is 0 Å². The van der Waals surface area contributed by atoms with E-state index >= 15 is 0 Å². The van der Waals surface area contributed by atoms with E-state index in [1.165, 1.54) is 11.3 Å². The van der Waals surface area contributed by atoms with E-state index in [0.29, 0.717) is 17.8 Å². The molecule has 4 rings (SSSR count). The average molecular weight is 354 g/mol. The van der Waals surface area contributed by atoms with Crippen LogP contribution in [0.4, 0.5) is 0 Å². The van der Waals surface area contributed by atoms with Gasteiger partial charge in [-0.15, -0.1) is 11.3 Å². The summed E-state index contributed by atoms with van der Waals surface area (Å²) < 4.78 is 1.86. The number of fused-ring (bicyclic) bond motifs is 1. The first-order valence-electron chi connectivity index (χ1n) is 8.15. The number of aryl methyl sites for hydroxylation is 1. The number of nitrogens with one attached hydrogen (secondary N) is 1. The molecule has 1 aliphatic rings. The van der Waals surface area contributed by atoms with Gasteiger partial charge in [0.1, 0.15) is 10.9 Å². The molecule has 7 heteroatoms. The highest BCUT2D eigenvalue weighted by Crippen LogP contribution is 2.30. The van der Waals surface area contributed by atoms with Crippen LogP contribution < -0.4 is 5.32 Å². The summed E-state index contributed by atoms with van der Waals surface area (Å²) in [5.41, 5.74) is 1.84. The predicted molar refractivity (Wildman–Crippen MR) is 97.2 cm³/mol. The number of hydrogen-bond donors (Lipinski definition) is 1. The van der Waals surface area contributed by atoms with Crippen LogP contribution in [0.1, 0.15) is 21.8 Å². The second kappa shape index (κ2) is 6.00. The molecule has 2 amide bonds. The summed E-state index contributed by atoms with van der Waals surface area (Å²) in [6.07, 6.45) is 0.656.